The van der Waals surface area contributed by atoms with E-state index in [2.05, 4.69) is 23.2 Å². The molecular weight excluding hydrogens is 646 g/mol. The molecule has 3 aliphatic rings. The fourth-order valence-electron chi connectivity index (χ4n) is 5.22. The normalized spacial score (nSPS) is 18.4. The average Bonchev–Trinajstić information content (AvgIpc) is 3.59. The zero-order chi connectivity index (χ0) is 35.9. The third kappa shape index (κ3) is 17.4. The summed E-state index contributed by atoms with van der Waals surface area (Å²) in [6.45, 7) is 7.13. The van der Waals surface area contributed by atoms with Gasteiger partial charge in [0.25, 0.3) is 0 Å². The van der Waals surface area contributed by atoms with Crippen molar-refractivity contribution in [3.05, 3.63) is 12.3 Å². The van der Waals surface area contributed by atoms with Gasteiger partial charge in [0.2, 0.25) is 18.5 Å². The van der Waals surface area contributed by atoms with Crippen LogP contribution in [0.25, 0.3) is 0 Å². The van der Waals surface area contributed by atoms with Gasteiger partial charge in [-0.1, -0.05) is 32.3 Å². The SMILES string of the molecule is C=C(O)[C@H]1CCCN1C(=O)CCCCC(=O)C#C[C@H](CCCC)C(=O)OCOC(=O)OC1CCOCC1.O=C(OCO)OC1CCOCC1. The van der Waals surface area contributed by atoms with Gasteiger partial charge in [0.15, 0.2) is 6.79 Å². The molecule has 49 heavy (non-hydrogen) atoms. The Balaban J connectivity index is 0.000000582. The number of carbonyl (C=O) groups excluding carboxylic acids is 5. The molecule has 0 spiro atoms. The second-order valence-electron chi connectivity index (χ2n) is 11.7. The van der Waals surface area contributed by atoms with Crippen molar-refractivity contribution in [2.24, 2.45) is 5.92 Å². The van der Waals surface area contributed by atoms with Crippen LogP contribution in [0.2, 0.25) is 0 Å². The van der Waals surface area contributed by atoms with Gasteiger partial charge in [-0.3, -0.25) is 14.4 Å². The minimum Gasteiger partial charge on any atom is -0.511 e. The van der Waals surface area contributed by atoms with Crippen molar-refractivity contribution in [2.45, 2.75) is 109 Å². The lowest BCUT2D eigenvalue weighted by atomic mass is 10.0. The minimum atomic E-state index is -0.911. The van der Waals surface area contributed by atoms with Crippen LogP contribution in [0, 0.1) is 17.8 Å². The molecule has 0 aromatic heterocycles. The Labute approximate surface area is 287 Å². The number of likely N-dealkylation sites (tertiary alicyclic amines) is 1. The molecule has 3 rings (SSSR count). The standard InChI is InChI=1S/C27H39NO9.C7H12O5/c1-3-4-8-21(26(32)35-19-36-27(33)37-23-14-17-34-18-15-23)12-13-22(30)9-5-6-11-25(31)28-16-7-10-24(28)20(2)29;8-5-11-7(9)12-6-1-3-10-4-2-6/h21,23-24,29H,2-11,14-19H2,1H3;6,8H,1-5H2/t21-,24+;/m0./s1. The summed E-state index contributed by atoms with van der Waals surface area (Å²) in [5.41, 5.74) is 0. The number of carbonyl (C=O) groups is 5. The first-order chi connectivity index (χ1) is 23.6. The number of hydrogen-bond acceptors (Lipinski definition) is 14. The lowest BCUT2D eigenvalue weighted by Gasteiger charge is -2.23. The monoisotopic (exact) mass is 697 g/mol. The maximum absolute atomic E-state index is 12.4. The van der Waals surface area contributed by atoms with Gasteiger partial charge in [-0.2, -0.15) is 0 Å². The van der Waals surface area contributed by atoms with Crippen LogP contribution in [0.3, 0.4) is 0 Å². The van der Waals surface area contributed by atoms with Crippen molar-refractivity contribution < 1.29 is 67.3 Å². The van der Waals surface area contributed by atoms with E-state index < -0.39 is 37.8 Å². The third-order valence-corrected chi connectivity index (χ3v) is 7.94. The van der Waals surface area contributed by atoms with Crippen LogP contribution < -0.4 is 0 Å². The number of aliphatic hydroxyl groups is 2. The molecule has 2 N–H and O–H groups in total. The topological polar surface area (TPSA) is 194 Å². The number of ether oxygens (including phenoxy) is 7. The summed E-state index contributed by atoms with van der Waals surface area (Å²) in [5.74, 6) is 3.38. The largest absolute Gasteiger partial charge is 0.511 e. The van der Waals surface area contributed by atoms with E-state index in [1.165, 1.54) is 0 Å². The van der Waals surface area contributed by atoms with Gasteiger partial charge in [-0.15, -0.1) is 0 Å². The molecule has 0 saturated carbocycles. The number of rotatable bonds is 15. The highest BCUT2D eigenvalue weighted by molar-refractivity contribution is 5.96. The van der Waals surface area contributed by atoms with Gasteiger partial charge in [0, 0.05) is 45.1 Å². The molecule has 0 unspecified atom stereocenters. The van der Waals surface area contributed by atoms with E-state index in [1.807, 2.05) is 6.92 Å². The Morgan fingerprint density at radius 1 is 0.857 bits per heavy atom. The van der Waals surface area contributed by atoms with E-state index in [9.17, 15) is 29.1 Å². The zero-order valence-electron chi connectivity index (χ0n) is 28.4. The summed E-state index contributed by atoms with van der Waals surface area (Å²) >= 11 is 0. The molecule has 15 heteroatoms. The van der Waals surface area contributed by atoms with E-state index in [0.717, 1.165) is 19.3 Å². The lowest BCUT2D eigenvalue weighted by Crippen LogP contribution is -2.36. The molecule has 0 aromatic carbocycles. The lowest BCUT2D eigenvalue weighted by molar-refractivity contribution is -0.157. The van der Waals surface area contributed by atoms with Gasteiger partial charge in [-0.05, 0) is 38.0 Å². The highest BCUT2D eigenvalue weighted by Crippen LogP contribution is 2.23. The third-order valence-electron chi connectivity index (χ3n) is 7.94. The molecule has 3 saturated heterocycles. The first-order valence-electron chi connectivity index (χ1n) is 17.0. The maximum atomic E-state index is 12.4. The Bertz CT molecular complexity index is 1120. The molecule has 2 atom stereocenters. The van der Waals surface area contributed by atoms with Crippen molar-refractivity contribution in [1.82, 2.24) is 4.90 Å². The number of Topliss-reactive ketones (excluding diaryl/α,β-unsaturated/α-hetero) is 1. The predicted octanol–water partition coefficient (Wildman–Crippen LogP) is 4.09. The molecule has 3 fully saturated rings. The van der Waals surface area contributed by atoms with Crippen molar-refractivity contribution in [2.75, 3.05) is 46.6 Å². The Hall–Kier alpha value is -3.87. The maximum Gasteiger partial charge on any atom is 0.511 e. The Morgan fingerprint density at radius 3 is 2.02 bits per heavy atom. The van der Waals surface area contributed by atoms with Gasteiger partial charge in [0.1, 0.15) is 23.9 Å². The summed E-state index contributed by atoms with van der Waals surface area (Å²) in [5, 5.41) is 17.9. The highest BCUT2D eigenvalue weighted by atomic mass is 16.8. The van der Waals surface area contributed by atoms with E-state index in [0.29, 0.717) is 84.3 Å². The summed E-state index contributed by atoms with van der Waals surface area (Å²) in [7, 11) is 0. The fraction of sp³-hybridized carbons (Fsp3) is 0.735. The molecule has 15 nitrogen and oxygen atoms in total. The summed E-state index contributed by atoms with van der Waals surface area (Å²) in [4.78, 5) is 61.1. The highest BCUT2D eigenvalue weighted by Gasteiger charge is 2.30. The van der Waals surface area contributed by atoms with Crippen LogP contribution in [-0.4, -0.2) is 110 Å². The zero-order valence-corrected chi connectivity index (χ0v) is 28.4. The number of ketones is 1. The second kappa shape index (κ2) is 24.3. The van der Waals surface area contributed by atoms with Crippen LogP contribution in [0.15, 0.2) is 12.3 Å². The van der Waals surface area contributed by atoms with Crippen molar-refractivity contribution in [1.29, 1.82) is 0 Å². The van der Waals surface area contributed by atoms with Gasteiger partial charge >= 0.3 is 18.3 Å². The van der Waals surface area contributed by atoms with Crippen LogP contribution in [-0.2, 0) is 47.5 Å². The molecule has 276 valence electrons. The molecule has 3 heterocycles. The fourth-order valence-corrected chi connectivity index (χ4v) is 5.22. The van der Waals surface area contributed by atoms with Crippen molar-refractivity contribution >= 4 is 30.0 Å². The number of nitrogens with zero attached hydrogens (tertiary/aromatic N) is 1. The van der Waals surface area contributed by atoms with Crippen LogP contribution in [0.1, 0.15) is 90.4 Å². The number of hydrogen-bond donors (Lipinski definition) is 2. The van der Waals surface area contributed by atoms with E-state index in [4.69, 9.17) is 33.5 Å². The van der Waals surface area contributed by atoms with E-state index in [1.54, 1.807) is 4.90 Å². The van der Waals surface area contributed by atoms with Crippen molar-refractivity contribution in [3.8, 4) is 11.8 Å². The Kier molecular flexibility index (Phi) is 20.5. The molecule has 0 bridgehead atoms. The molecule has 0 radical (unpaired) electrons. The summed E-state index contributed by atoms with van der Waals surface area (Å²) in [6.07, 6.45) is 5.43. The number of esters is 1. The van der Waals surface area contributed by atoms with Crippen LogP contribution >= 0.6 is 0 Å². The minimum absolute atomic E-state index is 0.00827. The molecule has 0 aliphatic carbocycles. The average molecular weight is 698 g/mol. The van der Waals surface area contributed by atoms with E-state index in [-0.39, 0.29) is 48.5 Å². The number of unbranched alkanes of at least 4 members (excludes halogenated alkanes) is 2. The summed E-state index contributed by atoms with van der Waals surface area (Å²) in [6, 6.07) is -0.317. The van der Waals surface area contributed by atoms with Gasteiger partial charge in [-0.25, -0.2) is 9.59 Å². The van der Waals surface area contributed by atoms with Gasteiger partial charge < -0.3 is 48.3 Å². The number of amides is 1. The molecular formula is C34H51NO14. The van der Waals surface area contributed by atoms with E-state index >= 15 is 0 Å². The van der Waals surface area contributed by atoms with Crippen LogP contribution in [0.4, 0.5) is 9.59 Å². The number of aliphatic hydroxyl groups excluding tert-OH is 2. The first-order valence-corrected chi connectivity index (χ1v) is 17.0. The van der Waals surface area contributed by atoms with Crippen LogP contribution in [0.5, 0.6) is 0 Å². The Morgan fingerprint density at radius 2 is 1.45 bits per heavy atom. The van der Waals surface area contributed by atoms with Crippen molar-refractivity contribution in [3.63, 3.8) is 0 Å². The molecule has 1 amide bonds. The first kappa shape index (κ1) is 41.3. The quantitative estimate of drug-likeness (QED) is 0.0473. The molecule has 0 aromatic rings. The predicted molar refractivity (Wildman–Crippen MR) is 172 cm³/mol. The second-order valence-corrected chi connectivity index (χ2v) is 11.7. The summed E-state index contributed by atoms with van der Waals surface area (Å²) < 4.78 is 34.3. The molecule has 3 aliphatic heterocycles. The van der Waals surface area contributed by atoms with Gasteiger partial charge in [0.05, 0.1) is 32.5 Å². The smallest absolute Gasteiger partial charge is 0.511 e.